The van der Waals surface area contributed by atoms with Crippen molar-refractivity contribution < 1.29 is 23.7 Å². The van der Waals surface area contributed by atoms with Gasteiger partial charge in [-0.2, -0.15) is 0 Å². The molecule has 2 aliphatic rings. The van der Waals surface area contributed by atoms with Crippen molar-refractivity contribution in [2.45, 2.75) is 110 Å². The number of hydrogen-bond donors (Lipinski definition) is 0. The van der Waals surface area contributed by atoms with Crippen LogP contribution < -0.4 is 0 Å². The highest BCUT2D eigenvalue weighted by molar-refractivity contribution is 5.78. The van der Waals surface area contributed by atoms with Gasteiger partial charge in [0.1, 0.15) is 5.78 Å². The van der Waals surface area contributed by atoms with Gasteiger partial charge in [0.05, 0.1) is 12.2 Å². The third-order valence-corrected chi connectivity index (χ3v) is 5.79. The molecule has 0 aromatic carbocycles. The van der Waals surface area contributed by atoms with Crippen LogP contribution in [0.15, 0.2) is 24.3 Å². The molecular weight excluding hydrogens is 392 g/mol. The van der Waals surface area contributed by atoms with E-state index < -0.39 is 0 Å². The highest BCUT2D eigenvalue weighted by Gasteiger charge is 2.23. The first kappa shape index (κ1) is 26.2. The fourth-order valence-corrected chi connectivity index (χ4v) is 3.80. The topological polar surface area (TPSA) is 54.0 Å². The molecule has 0 aromatic rings. The van der Waals surface area contributed by atoms with Crippen molar-refractivity contribution in [1.82, 2.24) is 0 Å². The quantitative estimate of drug-likeness (QED) is 0.242. The summed E-state index contributed by atoms with van der Waals surface area (Å²) in [6.07, 6.45) is 18.9. The van der Waals surface area contributed by atoms with E-state index in [2.05, 4.69) is 39.0 Å². The normalized spacial score (nSPS) is 24.1. The van der Waals surface area contributed by atoms with E-state index in [-0.39, 0.29) is 18.2 Å². The van der Waals surface area contributed by atoms with Crippen molar-refractivity contribution in [3.63, 3.8) is 0 Å². The zero-order valence-electron chi connectivity index (χ0n) is 20.0. The lowest BCUT2D eigenvalue weighted by Gasteiger charge is -2.31. The monoisotopic (exact) mass is 436 g/mol. The van der Waals surface area contributed by atoms with Gasteiger partial charge in [-0.1, -0.05) is 31.2 Å². The Kier molecular flexibility index (Phi) is 12.6. The first-order valence-electron chi connectivity index (χ1n) is 12.3. The average molecular weight is 437 g/mol. The number of carbonyl (C=O) groups is 1. The van der Waals surface area contributed by atoms with E-state index in [0.717, 1.165) is 58.2 Å². The molecule has 5 nitrogen and oxygen atoms in total. The molecule has 0 aromatic heterocycles. The zero-order chi connectivity index (χ0) is 22.4. The predicted octanol–water partition coefficient (Wildman–Crippen LogP) is 6.12. The number of Topliss-reactive ketones (excluding diaryl/α,β-unsaturated/α-hetero) is 1. The SMILES string of the molecule is C[C@H](/C=C/C(C)(C)OC1CCCCO1)CCC(=O)CCC/C=C/COC1CCCCO1. The summed E-state index contributed by atoms with van der Waals surface area (Å²) in [5.41, 5.74) is -0.348. The average Bonchev–Trinajstić information content (AvgIpc) is 2.77. The maximum atomic E-state index is 12.2. The van der Waals surface area contributed by atoms with E-state index >= 15 is 0 Å². The molecule has 0 amide bonds. The minimum absolute atomic E-state index is 0.0336. The molecule has 2 saturated heterocycles. The lowest BCUT2D eigenvalue weighted by Crippen LogP contribution is -2.32. The minimum Gasteiger partial charge on any atom is -0.353 e. The summed E-state index contributed by atoms with van der Waals surface area (Å²) in [7, 11) is 0. The number of unbranched alkanes of at least 4 members (excludes halogenated alkanes) is 1. The van der Waals surface area contributed by atoms with Crippen molar-refractivity contribution in [2.24, 2.45) is 5.92 Å². The Morgan fingerprint density at radius 2 is 1.74 bits per heavy atom. The molecule has 31 heavy (non-hydrogen) atoms. The molecule has 2 fully saturated rings. The third kappa shape index (κ3) is 12.6. The van der Waals surface area contributed by atoms with Crippen LogP contribution >= 0.6 is 0 Å². The highest BCUT2D eigenvalue weighted by atomic mass is 16.7. The van der Waals surface area contributed by atoms with E-state index in [1.165, 1.54) is 12.8 Å². The molecule has 178 valence electrons. The Hall–Kier alpha value is -1.01. The number of carbonyl (C=O) groups excluding carboxylic acids is 1. The Morgan fingerprint density at radius 3 is 2.42 bits per heavy atom. The second kappa shape index (κ2) is 14.9. The molecule has 0 saturated carbocycles. The Morgan fingerprint density at radius 1 is 1.03 bits per heavy atom. The molecule has 0 spiro atoms. The maximum absolute atomic E-state index is 12.2. The second-order valence-corrected chi connectivity index (χ2v) is 9.42. The molecular formula is C26H44O5. The van der Waals surface area contributed by atoms with E-state index in [1.807, 2.05) is 6.08 Å². The van der Waals surface area contributed by atoms with Gasteiger partial charge in [0.25, 0.3) is 0 Å². The smallest absolute Gasteiger partial charge is 0.158 e. The molecule has 5 heteroatoms. The summed E-state index contributed by atoms with van der Waals surface area (Å²) < 4.78 is 23.0. The van der Waals surface area contributed by atoms with E-state index in [0.29, 0.717) is 31.1 Å². The van der Waals surface area contributed by atoms with Crippen LogP contribution in [0, 0.1) is 5.92 Å². The summed E-state index contributed by atoms with van der Waals surface area (Å²) in [6, 6.07) is 0. The van der Waals surface area contributed by atoms with Gasteiger partial charge in [-0.25, -0.2) is 0 Å². The number of ketones is 1. The van der Waals surface area contributed by atoms with E-state index in [9.17, 15) is 4.79 Å². The fraction of sp³-hybridized carbons (Fsp3) is 0.808. The van der Waals surface area contributed by atoms with Gasteiger partial charge in [0.15, 0.2) is 12.6 Å². The van der Waals surface area contributed by atoms with E-state index in [4.69, 9.17) is 18.9 Å². The van der Waals surface area contributed by atoms with Crippen molar-refractivity contribution in [3.8, 4) is 0 Å². The molecule has 3 atom stereocenters. The van der Waals surface area contributed by atoms with Crippen LogP contribution in [0.4, 0.5) is 0 Å². The van der Waals surface area contributed by atoms with Crippen LogP contribution in [0.5, 0.6) is 0 Å². The third-order valence-electron chi connectivity index (χ3n) is 5.79. The van der Waals surface area contributed by atoms with E-state index in [1.54, 1.807) is 0 Å². The molecule has 0 radical (unpaired) electrons. The summed E-state index contributed by atoms with van der Waals surface area (Å²) in [5.74, 6) is 0.713. The lowest BCUT2D eigenvalue weighted by atomic mass is 9.98. The number of ether oxygens (including phenoxy) is 4. The van der Waals surface area contributed by atoms with Crippen LogP contribution in [0.1, 0.15) is 91.4 Å². The van der Waals surface area contributed by atoms with Gasteiger partial charge in [-0.3, -0.25) is 4.79 Å². The highest BCUT2D eigenvalue weighted by Crippen LogP contribution is 2.23. The van der Waals surface area contributed by atoms with Crippen LogP contribution in [-0.4, -0.2) is 43.8 Å². The van der Waals surface area contributed by atoms with Crippen LogP contribution in [0.25, 0.3) is 0 Å². The largest absolute Gasteiger partial charge is 0.353 e. The van der Waals surface area contributed by atoms with Gasteiger partial charge >= 0.3 is 0 Å². The first-order valence-corrected chi connectivity index (χ1v) is 12.3. The van der Waals surface area contributed by atoms with Crippen molar-refractivity contribution >= 4 is 5.78 Å². The van der Waals surface area contributed by atoms with Gasteiger partial charge in [0.2, 0.25) is 0 Å². The fourth-order valence-electron chi connectivity index (χ4n) is 3.80. The van der Waals surface area contributed by atoms with Crippen LogP contribution in [0.3, 0.4) is 0 Å². The first-order chi connectivity index (χ1) is 14.9. The molecule has 2 heterocycles. The number of rotatable bonds is 14. The number of hydrogen-bond acceptors (Lipinski definition) is 5. The summed E-state index contributed by atoms with van der Waals surface area (Å²) >= 11 is 0. The van der Waals surface area contributed by atoms with Crippen molar-refractivity contribution in [2.75, 3.05) is 19.8 Å². The Bertz CT molecular complexity index is 542. The summed E-state index contributed by atoms with van der Waals surface area (Å²) in [6.45, 7) is 8.50. The molecule has 0 aliphatic carbocycles. The lowest BCUT2D eigenvalue weighted by molar-refractivity contribution is -0.201. The van der Waals surface area contributed by atoms with Gasteiger partial charge in [-0.05, 0) is 77.6 Å². The molecule has 0 N–H and O–H groups in total. The van der Waals surface area contributed by atoms with Gasteiger partial charge < -0.3 is 18.9 Å². The summed E-state index contributed by atoms with van der Waals surface area (Å²) in [4.78, 5) is 12.2. The van der Waals surface area contributed by atoms with Gasteiger partial charge in [0, 0.05) is 26.1 Å². The van der Waals surface area contributed by atoms with Crippen LogP contribution in [-0.2, 0) is 23.7 Å². The molecule has 2 aliphatic heterocycles. The van der Waals surface area contributed by atoms with Gasteiger partial charge in [-0.15, -0.1) is 0 Å². The van der Waals surface area contributed by atoms with Crippen molar-refractivity contribution in [3.05, 3.63) is 24.3 Å². The predicted molar refractivity (Wildman–Crippen MR) is 124 cm³/mol. The zero-order valence-corrected chi connectivity index (χ0v) is 20.0. The molecule has 2 unspecified atom stereocenters. The Balaban J connectivity index is 1.50. The molecule has 0 bridgehead atoms. The van der Waals surface area contributed by atoms with Crippen LogP contribution in [0.2, 0.25) is 0 Å². The summed E-state index contributed by atoms with van der Waals surface area (Å²) in [5, 5.41) is 0. The minimum atomic E-state index is -0.348. The number of allylic oxidation sites excluding steroid dienone is 2. The molecule has 2 rings (SSSR count). The van der Waals surface area contributed by atoms with Crippen molar-refractivity contribution in [1.29, 1.82) is 0 Å². The second-order valence-electron chi connectivity index (χ2n) is 9.42. The Labute approximate surface area is 189 Å². The maximum Gasteiger partial charge on any atom is 0.158 e. The standard InChI is InChI=1S/C26H44O5/c1-22(17-18-26(2,3)31-25-14-8-11-21-30-25)15-16-23(27)12-6-4-5-9-19-28-24-13-7-10-20-29-24/h5,9,17-18,22,24-25H,4,6-8,10-16,19-21H2,1-3H3/b9-5+,18-17+/t22-,24?,25?/m0/s1.